The Bertz CT molecular complexity index is 1230. The van der Waals surface area contributed by atoms with Crippen molar-refractivity contribution in [3.8, 4) is 11.5 Å². The fourth-order valence-corrected chi connectivity index (χ4v) is 8.67. The van der Waals surface area contributed by atoms with Gasteiger partial charge in [-0.05, 0) is 42.3 Å². The van der Waals surface area contributed by atoms with Crippen LogP contribution < -0.4 is 14.4 Å². The van der Waals surface area contributed by atoms with Gasteiger partial charge in [-0.2, -0.15) is 4.99 Å². The number of halogens is 1. The second-order valence-electron chi connectivity index (χ2n) is 8.24. The van der Waals surface area contributed by atoms with Crippen LogP contribution in [0.1, 0.15) is 25.0 Å². The highest BCUT2D eigenvalue weighted by molar-refractivity contribution is 9.10. The molecule has 0 N–H and O–H groups in total. The van der Waals surface area contributed by atoms with Gasteiger partial charge in [0, 0.05) is 21.9 Å². The minimum absolute atomic E-state index is 0.0133. The number of nitrogens with zero attached hydrogens (tertiary/aromatic N) is 2. The summed E-state index contributed by atoms with van der Waals surface area (Å²) >= 11 is 4.97. The number of rotatable bonds is 7. The highest BCUT2D eigenvalue weighted by Crippen LogP contribution is 2.46. The largest absolute Gasteiger partial charge is 0.490 e. The summed E-state index contributed by atoms with van der Waals surface area (Å²) in [6.07, 6.45) is 0.182. The lowest BCUT2D eigenvalue weighted by Gasteiger charge is -2.27. The van der Waals surface area contributed by atoms with Crippen molar-refractivity contribution in [2.45, 2.75) is 38.5 Å². The zero-order valence-electron chi connectivity index (χ0n) is 19.3. The molecule has 34 heavy (non-hydrogen) atoms. The van der Waals surface area contributed by atoms with Gasteiger partial charge in [0.25, 0.3) is 5.91 Å². The molecule has 2 fully saturated rings. The third-order valence-electron chi connectivity index (χ3n) is 5.60. The summed E-state index contributed by atoms with van der Waals surface area (Å²) in [5, 5.41) is 0.319. The number of amidine groups is 1. The molecule has 0 radical (unpaired) electrons. The summed E-state index contributed by atoms with van der Waals surface area (Å²) < 4.78 is 37.1. The molecule has 2 heterocycles. The number of carbonyl (C=O) groups excluding carboxylic acids is 1. The van der Waals surface area contributed by atoms with Crippen molar-refractivity contribution in [1.29, 1.82) is 0 Å². The molecule has 2 saturated heterocycles. The van der Waals surface area contributed by atoms with Gasteiger partial charge in [0.15, 0.2) is 26.5 Å². The third kappa shape index (κ3) is 5.44. The molecule has 0 unspecified atom stereocenters. The van der Waals surface area contributed by atoms with E-state index in [0.717, 1.165) is 11.1 Å². The Balaban J connectivity index is 1.72. The van der Waals surface area contributed by atoms with E-state index in [2.05, 4.69) is 20.9 Å². The van der Waals surface area contributed by atoms with Crippen LogP contribution in [0.5, 0.6) is 11.5 Å². The number of amides is 1. The number of carbonyl (C=O) groups is 1. The number of thioether (sulfide) groups is 1. The number of benzene rings is 2. The Hall–Kier alpha value is -2.04. The minimum atomic E-state index is -3.18. The van der Waals surface area contributed by atoms with Crippen molar-refractivity contribution >= 4 is 54.3 Å². The first-order valence-corrected chi connectivity index (χ1v) is 14.6. The van der Waals surface area contributed by atoms with Gasteiger partial charge in [0.1, 0.15) is 0 Å². The number of hydrogen-bond acceptors (Lipinski definition) is 6. The maximum Gasteiger partial charge on any atom is 0.252 e. The topological polar surface area (TPSA) is 85.3 Å². The van der Waals surface area contributed by atoms with Crippen LogP contribution in [0, 0.1) is 6.92 Å². The average Bonchev–Trinajstić information content (AvgIpc) is 3.21. The SMILES string of the molecule is CCOc1cc(Br)c(N2C(=NC(=O)Cc3cccc(C)c3)S[C@@H]3CS(=O)(=O)C[C@@H]32)cc1OCC. The van der Waals surface area contributed by atoms with E-state index in [-0.39, 0.29) is 35.1 Å². The van der Waals surface area contributed by atoms with Gasteiger partial charge in [-0.3, -0.25) is 4.79 Å². The van der Waals surface area contributed by atoms with Crippen LogP contribution >= 0.6 is 27.7 Å². The number of anilines is 1. The summed E-state index contributed by atoms with van der Waals surface area (Å²) in [5.74, 6) is 0.961. The number of ether oxygens (including phenoxy) is 2. The van der Waals surface area contributed by atoms with Crippen LogP contribution in [0.3, 0.4) is 0 Å². The predicted molar refractivity (Wildman–Crippen MR) is 140 cm³/mol. The lowest BCUT2D eigenvalue weighted by Crippen LogP contribution is -2.38. The van der Waals surface area contributed by atoms with Gasteiger partial charge < -0.3 is 14.4 Å². The fourth-order valence-electron chi connectivity index (χ4n) is 4.23. The molecule has 0 spiro atoms. The average molecular weight is 568 g/mol. The smallest absolute Gasteiger partial charge is 0.252 e. The van der Waals surface area contributed by atoms with Crippen LogP contribution in [0.25, 0.3) is 0 Å². The van der Waals surface area contributed by atoms with Gasteiger partial charge in [0.05, 0.1) is 42.9 Å². The summed E-state index contributed by atoms with van der Waals surface area (Å²) in [5.41, 5.74) is 2.68. The molecule has 2 aliphatic heterocycles. The second kappa shape index (κ2) is 10.3. The van der Waals surface area contributed by atoms with Crippen LogP contribution in [0.15, 0.2) is 45.9 Å². The summed E-state index contributed by atoms with van der Waals surface area (Å²) in [7, 11) is -3.18. The van der Waals surface area contributed by atoms with Crippen molar-refractivity contribution in [2.24, 2.45) is 4.99 Å². The molecule has 0 aromatic heterocycles. The van der Waals surface area contributed by atoms with Gasteiger partial charge >= 0.3 is 0 Å². The molecule has 1 amide bonds. The Morgan fingerprint density at radius 1 is 1.15 bits per heavy atom. The molecule has 2 atom stereocenters. The standard InChI is InChI=1S/C24H27BrN2O5S2/c1-4-31-20-11-17(25)18(12-21(20)32-5-2)27-19-13-34(29,30)14-22(19)33-24(27)26-23(28)10-16-8-6-7-15(3)9-16/h6-9,11-12,19,22H,4-5,10,13-14H2,1-3H3/t19-,22+/m0/s1. The van der Waals surface area contributed by atoms with E-state index in [1.165, 1.54) is 11.8 Å². The van der Waals surface area contributed by atoms with E-state index in [9.17, 15) is 13.2 Å². The first-order valence-electron chi connectivity index (χ1n) is 11.1. The zero-order chi connectivity index (χ0) is 24.5. The van der Waals surface area contributed by atoms with Crippen LogP contribution in [0.2, 0.25) is 0 Å². The highest BCUT2D eigenvalue weighted by Gasteiger charge is 2.50. The Labute approximate surface area is 213 Å². The highest BCUT2D eigenvalue weighted by atomic mass is 79.9. The molecule has 0 bridgehead atoms. The zero-order valence-corrected chi connectivity index (χ0v) is 22.5. The summed E-state index contributed by atoms with van der Waals surface area (Å²) in [6.45, 7) is 6.70. The molecular weight excluding hydrogens is 540 g/mol. The number of hydrogen-bond donors (Lipinski definition) is 0. The van der Waals surface area contributed by atoms with Crippen molar-refractivity contribution in [3.05, 3.63) is 52.0 Å². The van der Waals surface area contributed by atoms with E-state index in [1.54, 1.807) is 0 Å². The van der Waals surface area contributed by atoms with E-state index in [4.69, 9.17) is 9.47 Å². The molecule has 4 rings (SSSR count). The van der Waals surface area contributed by atoms with Crippen molar-refractivity contribution in [3.63, 3.8) is 0 Å². The molecule has 7 nitrogen and oxygen atoms in total. The lowest BCUT2D eigenvalue weighted by molar-refractivity contribution is -0.117. The fraction of sp³-hybridized carbons (Fsp3) is 0.417. The van der Waals surface area contributed by atoms with Crippen molar-refractivity contribution in [1.82, 2.24) is 0 Å². The molecule has 2 aliphatic rings. The molecule has 0 aliphatic carbocycles. The van der Waals surface area contributed by atoms with Crippen LogP contribution in [-0.4, -0.2) is 55.5 Å². The quantitative estimate of drug-likeness (QED) is 0.491. The van der Waals surface area contributed by atoms with Gasteiger partial charge in [-0.15, -0.1) is 0 Å². The number of aryl methyl sites for hydroxylation is 1. The summed E-state index contributed by atoms with van der Waals surface area (Å²) in [4.78, 5) is 19.2. The van der Waals surface area contributed by atoms with E-state index in [1.807, 2.05) is 62.1 Å². The molecule has 0 saturated carbocycles. The Morgan fingerprint density at radius 2 is 1.85 bits per heavy atom. The van der Waals surface area contributed by atoms with Crippen LogP contribution in [0.4, 0.5) is 5.69 Å². The molecule has 2 aromatic rings. The van der Waals surface area contributed by atoms with E-state index >= 15 is 0 Å². The van der Waals surface area contributed by atoms with E-state index < -0.39 is 9.84 Å². The molecule has 10 heteroatoms. The van der Waals surface area contributed by atoms with Crippen LogP contribution in [-0.2, 0) is 21.1 Å². The monoisotopic (exact) mass is 566 g/mol. The predicted octanol–water partition coefficient (Wildman–Crippen LogP) is 4.40. The van der Waals surface area contributed by atoms with Gasteiger partial charge in [0.2, 0.25) is 0 Å². The Kier molecular flexibility index (Phi) is 7.59. The second-order valence-corrected chi connectivity index (χ2v) is 12.5. The summed E-state index contributed by atoms with van der Waals surface area (Å²) in [6, 6.07) is 11.1. The van der Waals surface area contributed by atoms with Crippen molar-refractivity contribution < 1.29 is 22.7 Å². The number of sulfone groups is 1. The molecule has 182 valence electrons. The molecular formula is C24H27BrN2O5S2. The maximum absolute atomic E-state index is 12.9. The Morgan fingerprint density at radius 3 is 2.53 bits per heavy atom. The van der Waals surface area contributed by atoms with E-state index in [0.29, 0.717) is 40.0 Å². The van der Waals surface area contributed by atoms with Gasteiger partial charge in [-0.25, -0.2) is 8.42 Å². The normalized spacial score (nSPS) is 22.1. The minimum Gasteiger partial charge on any atom is -0.490 e. The number of aliphatic imine (C=N–C) groups is 1. The third-order valence-corrected chi connectivity index (χ3v) is 9.44. The first-order chi connectivity index (χ1) is 16.2. The van der Waals surface area contributed by atoms with Crippen molar-refractivity contribution in [2.75, 3.05) is 29.6 Å². The maximum atomic E-state index is 12.9. The van der Waals surface area contributed by atoms with Gasteiger partial charge in [-0.1, -0.05) is 41.6 Å². The lowest BCUT2D eigenvalue weighted by atomic mass is 10.1. The number of fused-ring (bicyclic) bond motifs is 1. The molecule has 2 aromatic carbocycles. The first kappa shape index (κ1) is 25.1.